The largest absolute Gasteiger partial charge is 0.394 e. The summed E-state index contributed by atoms with van der Waals surface area (Å²) < 4.78 is 0.586. The number of anilines is 2. The number of hydrogen-bond acceptors (Lipinski definition) is 15. The van der Waals surface area contributed by atoms with E-state index in [1.165, 1.54) is 42.0 Å². The number of amides is 6. The minimum atomic E-state index is -1.61. The Kier molecular flexibility index (Phi) is 23.9. The van der Waals surface area contributed by atoms with Crippen LogP contribution in [0, 0.1) is 28.1 Å². The van der Waals surface area contributed by atoms with E-state index in [1.807, 2.05) is 67.8 Å². The van der Waals surface area contributed by atoms with E-state index in [1.54, 1.807) is 22.6 Å². The van der Waals surface area contributed by atoms with Crippen LogP contribution in [-0.4, -0.2) is 226 Å². The normalized spacial score (nSPS) is 13.6. The van der Waals surface area contributed by atoms with Gasteiger partial charge in [-0.3, -0.25) is 28.8 Å². The summed E-state index contributed by atoms with van der Waals surface area (Å²) in [6.07, 6.45) is -6.18. The molecule has 0 saturated carbocycles. The van der Waals surface area contributed by atoms with Crippen molar-refractivity contribution in [1.29, 1.82) is 0 Å². The molecular formula is C39H54I4N6O15. The van der Waals surface area contributed by atoms with Crippen LogP contribution in [0.4, 0.5) is 11.4 Å². The van der Waals surface area contributed by atoms with Gasteiger partial charge >= 0.3 is 0 Å². The number of likely N-dealkylation sites (N-methyl/N-ethyl adjacent to an activating group) is 4. The average molecular weight is 1350 g/mol. The SMILES string of the molecule is Cc1c(C(=O)N(C)CC(O)CO)c(I)c(N(C=O)CC(O)CN(C=O)c2c(C)c(C(=O)N(C)CC(O)CO)c(I)c(C(=O)N(C)CC(O)CO)c2I)c(I)c1C(=O)N(C)CC(O)CO. The number of rotatable bonds is 24. The number of benzene rings is 2. The van der Waals surface area contributed by atoms with Crippen molar-refractivity contribution in [1.82, 2.24) is 19.6 Å². The fraction of sp³-hybridized carbons (Fsp3) is 0.538. The highest BCUT2D eigenvalue weighted by Gasteiger charge is 2.35. The molecule has 2 aromatic rings. The highest BCUT2D eigenvalue weighted by Crippen LogP contribution is 2.40. The highest BCUT2D eigenvalue weighted by molar-refractivity contribution is 14.1. The molecule has 5 unspecified atom stereocenters. The van der Waals surface area contributed by atoms with E-state index in [0.717, 1.165) is 29.4 Å². The Morgan fingerprint density at radius 1 is 0.438 bits per heavy atom. The lowest BCUT2D eigenvalue weighted by Crippen LogP contribution is -2.42. The first-order valence-corrected chi connectivity index (χ1v) is 23.5. The van der Waals surface area contributed by atoms with Crippen molar-refractivity contribution < 1.29 is 74.7 Å². The Hall–Kier alpha value is -2.18. The topological polar surface area (TPSA) is 304 Å². The van der Waals surface area contributed by atoms with Crippen molar-refractivity contribution in [3.05, 3.63) is 47.7 Å². The molecule has 358 valence electrons. The number of nitrogens with zero attached hydrogens (tertiary/aromatic N) is 6. The van der Waals surface area contributed by atoms with Gasteiger partial charge in [0, 0.05) is 57.9 Å². The van der Waals surface area contributed by atoms with Crippen molar-refractivity contribution in [2.75, 3.05) is 104 Å². The van der Waals surface area contributed by atoms with Crippen molar-refractivity contribution >= 4 is 138 Å². The number of aliphatic hydroxyl groups excluding tert-OH is 9. The van der Waals surface area contributed by atoms with Gasteiger partial charge in [0.15, 0.2) is 0 Å². The van der Waals surface area contributed by atoms with Gasteiger partial charge in [0.2, 0.25) is 12.8 Å². The van der Waals surface area contributed by atoms with E-state index in [9.17, 15) is 74.7 Å². The number of carbonyl (C=O) groups is 6. The molecule has 5 atom stereocenters. The molecule has 0 saturated heterocycles. The maximum atomic E-state index is 14.0. The molecule has 2 rings (SSSR count). The summed E-state index contributed by atoms with van der Waals surface area (Å²) in [6.45, 7) is -2.01. The van der Waals surface area contributed by atoms with Gasteiger partial charge in [-0.25, -0.2) is 0 Å². The van der Waals surface area contributed by atoms with Gasteiger partial charge in [-0.05, 0) is 115 Å². The van der Waals surface area contributed by atoms with Crippen molar-refractivity contribution in [3.8, 4) is 0 Å². The van der Waals surface area contributed by atoms with Gasteiger partial charge in [-0.1, -0.05) is 0 Å². The van der Waals surface area contributed by atoms with E-state index < -0.39 is 93.7 Å². The van der Waals surface area contributed by atoms with Crippen LogP contribution < -0.4 is 9.80 Å². The van der Waals surface area contributed by atoms with Crippen LogP contribution in [0.2, 0.25) is 0 Å². The second-order valence-electron chi connectivity index (χ2n) is 15.0. The quantitative estimate of drug-likeness (QED) is 0.0423. The van der Waals surface area contributed by atoms with Crippen LogP contribution in [0.1, 0.15) is 52.6 Å². The maximum Gasteiger partial charge on any atom is 0.255 e. The maximum absolute atomic E-state index is 14.0. The highest BCUT2D eigenvalue weighted by atomic mass is 127. The summed E-state index contributed by atoms with van der Waals surface area (Å²) in [5.41, 5.74) is 0.0727. The minimum Gasteiger partial charge on any atom is -0.394 e. The predicted molar refractivity (Wildman–Crippen MR) is 266 cm³/mol. The van der Waals surface area contributed by atoms with Crippen LogP contribution in [0.15, 0.2) is 0 Å². The smallest absolute Gasteiger partial charge is 0.255 e. The zero-order valence-corrected chi connectivity index (χ0v) is 44.4. The Labute approximate surface area is 424 Å². The summed E-state index contributed by atoms with van der Waals surface area (Å²) in [6, 6.07) is 0. The first kappa shape index (κ1) is 57.9. The molecule has 0 aliphatic carbocycles. The van der Waals surface area contributed by atoms with Crippen molar-refractivity contribution in [3.63, 3.8) is 0 Å². The second-order valence-corrected chi connectivity index (χ2v) is 19.3. The molecule has 9 N–H and O–H groups in total. The summed E-state index contributed by atoms with van der Waals surface area (Å²) in [7, 11) is 5.42. The Morgan fingerprint density at radius 2 is 0.703 bits per heavy atom. The van der Waals surface area contributed by atoms with Crippen LogP contribution in [0.3, 0.4) is 0 Å². The molecule has 0 radical (unpaired) electrons. The third-order valence-electron chi connectivity index (χ3n) is 9.87. The van der Waals surface area contributed by atoms with Crippen molar-refractivity contribution in [2.45, 2.75) is 44.4 Å². The molecule has 0 aliphatic rings. The standard InChI is InChI=1S/C39H54I4N6O15/c1-19-26(36(61)44(3)7-22(57)13-50)31(41)35(32(42)27(19)37(62)45(4)8-23(58)14-51)49(18-55)12-21(56)11-48(17-54)34-20(2)28(38(63)46(5)9-24(59)15-52)30(40)29(33(34)43)39(64)47(6)10-25(60)16-53/h17-18,21-25,50-53,56-60H,7-16H2,1-6H3. The summed E-state index contributed by atoms with van der Waals surface area (Å²) in [4.78, 5) is 88.6. The van der Waals surface area contributed by atoms with E-state index >= 15 is 0 Å². The lowest BCUT2D eigenvalue weighted by atomic mass is 9.98. The Morgan fingerprint density at radius 3 is 1.00 bits per heavy atom. The number of halogens is 4. The van der Waals surface area contributed by atoms with Crippen molar-refractivity contribution in [2.24, 2.45) is 0 Å². The molecule has 0 spiro atoms. The monoisotopic (exact) mass is 1350 g/mol. The minimum absolute atomic E-state index is 0.000541. The van der Waals surface area contributed by atoms with E-state index in [4.69, 9.17) is 0 Å². The van der Waals surface area contributed by atoms with Gasteiger partial charge in [0.05, 0.1) is 114 Å². The Bertz CT molecular complexity index is 1780. The van der Waals surface area contributed by atoms with Crippen LogP contribution in [0.5, 0.6) is 0 Å². The summed E-state index contributed by atoms with van der Waals surface area (Å²) in [5, 5.41) is 89.9. The van der Waals surface area contributed by atoms with Crippen LogP contribution in [0.25, 0.3) is 0 Å². The first-order chi connectivity index (χ1) is 29.9. The van der Waals surface area contributed by atoms with Gasteiger partial charge in [0.1, 0.15) is 0 Å². The zero-order chi connectivity index (χ0) is 49.1. The zero-order valence-electron chi connectivity index (χ0n) is 35.8. The van der Waals surface area contributed by atoms with E-state index in [2.05, 4.69) is 0 Å². The molecule has 0 heterocycles. The molecule has 21 nitrogen and oxygen atoms in total. The summed E-state index contributed by atoms with van der Waals surface area (Å²) in [5.74, 6) is -2.82. The lowest BCUT2D eigenvalue weighted by Gasteiger charge is -2.32. The third kappa shape index (κ3) is 13.9. The van der Waals surface area contributed by atoms with Crippen LogP contribution >= 0.6 is 90.4 Å². The second kappa shape index (κ2) is 26.4. The molecule has 2 aromatic carbocycles. The molecular weight excluding hydrogens is 1300 g/mol. The van der Waals surface area contributed by atoms with E-state index in [-0.39, 0.29) is 85.2 Å². The molecule has 25 heteroatoms. The first-order valence-electron chi connectivity index (χ1n) is 19.2. The van der Waals surface area contributed by atoms with Gasteiger partial charge < -0.3 is 75.4 Å². The predicted octanol–water partition coefficient (Wildman–Crippen LogP) is -1.59. The molecule has 0 aliphatic heterocycles. The number of aliphatic hydroxyl groups is 9. The molecule has 0 aromatic heterocycles. The Balaban J connectivity index is 2.87. The molecule has 0 fully saturated rings. The lowest BCUT2D eigenvalue weighted by molar-refractivity contribution is -0.108. The fourth-order valence-corrected chi connectivity index (χ4v) is 12.4. The summed E-state index contributed by atoms with van der Waals surface area (Å²) >= 11 is 7.23. The average Bonchev–Trinajstić information content (AvgIpc) is 3.24. The number of carbonyl (C=O) groups excluding carboxylic acids is 6. The van der Waals surface area contributed by atoms with E-state index in [0.29, 0.717) is 12.8 Å². The molecule has 0 bridgehead atoms. The molecule has 64 heavy (non-hydrogen) atoms. The van der Waals surface area contributed by atoms with Crippen LogP contribution in [-0.2, 0) is 9.59 Å². The molecule has 6 amide bonds. The fourth-order valence-electron chi connectivity index (χ4n) is 6.60. The number of hydrogen-bond donors (Lipinski definition) is 9. The van der Waals surface area contributed by atoms with Gasteiger partial charge in [-0.2, -0.15) is 0 Å². The van der Waals surface area contributed by atoms with Gasteiger partial charge in [0.25, 0.3) is 23.6 Å². The third-order valence-corrected chi connectivity index (χ3v) is 14.1. The van der Waals surface area contributed by atoms with Gasteiger partial charge in [-0.15, -0.1) is 0 Å².